The maximum Gasteiger partial charge on any atom is 0.123 e. The maximum atomic E-state index is 5.53. The molecule has 104 valence electrons. The lowest BCUT2D eigenvalue weighted by atomic mass is 10.0. The maximum absolute atomic E-state index is 5.53. The molecule has 0 bridgehead atoms. The number of hydrogen-bond acceptors (Lipinski definition) is 2. The molecule has 1 heterocycles. The van der Waals surface area contributed by atoms with Crippen LogP contribution in [0.2, 0.25) is 0 Å². The monoisotopic (exact) mass is 331 g/mol. The van der Waals surface area contributed by atoms with Crippen LogP contribution in [-0.4, -0.2) is 6.04 Å². The second-order valence-electron chi connectivity index (χ2n) is 5.11. The molecule has 1 atom stereocenters. The zero-order valence-electron chi connectivity index (χ0n) is 11.3. The van der Waals surface area contributed by atoms with Gasteiger partial charge in [0.15, 0.2) is 0 Å². The van der Waals surface area contributed by atoms with Crippen molar-refractivity contribution >= 4 is 21.6 Å². The number of nitrogens with zero attached hydrogens (tertiary/aromatic N) is 1. The molecular formula is C17H18BrNO. The first-order chi connectivity index (χ1) is 9.83. The van der Waals surface area contributed by atoms with E-state index < -0.39 is 0 Å². The van der Waals surface area contributed by atoms with Crippen LogP contribution in [0, 0.1) is 0 Å². The Labute approximate surface area is 128 Å². The highest BCUT2D eigenvalue weighted by Gasteiger charge is 2.19. The molecule has 2 nitrogen and oxygen atoms in total. The molecule has 1 aliphatic rings. The number of halogens is 1. The Morgan fingerprint density at radius 1 is 1.20 bits per heavy atom. The minimum absolute atomic E-state index is 0.454. The SMILES string of the molecule is Brc1ccc(N(Cc2ccco2)C2C=CCCC2)cc1. The molecule has 3 heteroatoms. The summed E-state index contributed by atoms with van der Waals surface area (Å²) in [5.74, 6) is 1.01. The van der Waals surface area contributed by atoms with E-state index in [4.69, 9.17) is 4.42 Å². The van der Waals surface area contributed by atoms with E-state index in [2.05, 4.69) is 57.2 Å². The van der Waals surface area contributed by atoms with Crippen LogP contribution in [-0.2, 0) is 6.54 Å². The lowest BCUT2D eigenvalue weighted by Gasteiger charge is -2.33. The number of rotatable bonds is 4. The summed E-state index contributed by atoms with van der Waals surface area (Å²) >= 11 is 3.50. The van der Waals surface area contributed by atoms with Crippen molar-refractivity contribution in [3.8, 4) is 0 Å². The van der Waals surface area contributed by atoms with E-state index in [1.165, 1.54) is 24.9 Å². The highest BCUT2D eigenvalue weighted by Crippen LogP contribution is 2.27. The molecule has 0 saturated heterocycles. The van der Waals surface area contributed by atoms with Crippen LogP contribution in [0.5, 0.6) is 0 Å². The van der Waals surface area contributed by atoms with Crippen LogP contribution in [0.3, 0.4) is 0 Å². The minimum Gasteiger partial charge on any atom is -0.467 e. The number of anilines is 1. The van der Waals surface area contributed by atoms with Crippen molar-refractivity contribution in [2.24, 2.45) is 0 Å². The third-order valence-electron chi connectivity index (χ3n) is 3.69. The second kappa shape index (κ2) is 6.31. The minimum atomic E-state index is 0.454. The van der Waals surface area contributed by atoms with Crippen LogP contribution in [0.25, 0.3) is 0 Å². The van der Waals surface area contributed by atoms with Gasteiger partial charge in [-0.05, 0) is 55.7 Å². The normalized spacial score (nSPS) is 18.1. The predicted octanol–water partition coefficient (Wildman–Crippen LogP) is 5.16. The average Bonchev–Trinajstić information content (AvgIpc) is 3.00. The van der Waals surface area contributed by atoms with Gasteiger partial charge in [0.25, 0.3) is 0 Å². The summed E-state index contributed by atoms with van der Waals surface area (Å²) in [5, 5.41) is 0. The van der Waals surface area contributed by atoms with Crippen LogP contribution in [0.4, 0.5) is 5.69 Å². The second-order valence-corrected chi connectivity index (χ2v) is 6.03. The first-order valence-corrected chi connectivity index (χ1v) is 7.83. The Morgan fingerprint density at radius 2 is 2.05 bits per heavy atom. The molecule has 20 heavy (non-hydrogen) atoms. The van der Waals surface area contributed by atoms with E-state index in [1.807, 2.05) is 12.1 Å². The van der Waals surface area contributed by atoms with Gasteiger partial charge < -0.3 is 9.32 Å². The molecule has 0 N–H and O–H groups in total. The van der Waals surface area contributed by atoms with Crippen molar-refractivity contribution in [3.63, 3.8) is 0 Å². The molecule has 1 aromatic heterocycles. The molecule has 0 saturated carbocycles. The molecule has 0 aliphatic heterocycles. The van der Waals surface area contributed by atoms with Gasteiger partial charge in [-0.3, -0.25) is 0 Å². The zero-order valence-corrected chi connectivity index (χ0v) is 12.9. The Bertz CT molecular complexity index is 559. The lowest BCUT2D eigenvalue weighted by molar-refractivity contribution is 0.484. The van der Waals surface area contributed by atoms with E-state index in [9.17, 15) is 0 Å². The van der Waals surface area contributed by atoms with Crippen LogP contribution in [0.15, 0.2) is 63.7 Å². The number of hydrogen-bond donors (Lipinski definition) is 0. The van der Waals surface area contributed by atoms with E-state index in [0.29, 0.717) is 6.04 Å². The third-order valence-corrected chi connectivity index (χ3v) is 4.22. The fraction of sp³-hybridized carbons (Fsp3) is 0.294. The van der Waals surface area contributed by atoms with E-state index >= 15 is 0 Å². The molecule has 1 unspecified atom stereocenters. The summed E-state index contributed by atoms with van der Waals surface area (Å²) in [4.78, 5) is 2.42. The summed E-state index contributed by atoms with van der Waals surface area (Å²) in [5.41, 5.74) is 1.24. The molecule has 0 spiro atoms. The van der Waals surface area contributed by atoms with Gasteiger partial charge in [0.05, 0.1) is 12.8 Å². The van der Waals surface area contributed by atoms with Gasteiger partial charge >= 0.3 is 0 Å². The summed E-state index contributed by atoms with van der Waals surface area (Å²) in [6.45, 7) is 0.809. The molecule has 0 fully saturated rings. The van der Waals surface area contributed by atoms with Gasteiger partial charge in [0.2, 0.25) is 0 Å². The summed E-state index contributed by atoms with van der Waals surface area (Å²) in [6.07, 6.45) is 10.0. The summed E-state index contributed by atoms with van der Waals surface area (Å²) in [7, 11) is 0. The van der Waals surface area contributed by atoms with Crippen molar-refractivity contribution in [2.45, 2.75) is 31.8 Å². The molecule has 1 aromatic carbocycles. The average molecular weight is 332 g/mol. The van der Waals surface area contributed by atoms with Gasteiger partial charge in [0.1, 0.15) is 5.76 Å². The zero-order chi connectivity index (χ0) is 13.8. The van der Waals surface area contributed by atoms with Crippen molar-refractivity contribution in [1.29, 1.82) is 0 Å². The fourth-order valence-corrected chi connectivity index (χ4v) is 2.92. The van der Waals surface area contributed by atoms with Crippen molar-refractivity contribution < 1.29 is 4.42 Å². The van der Waals surface area contributed by atoms with E-state index in [-0.39, 0.29) is 0 Å². The van der Waals surface area contributed by atoms with Crippen LogP contribution in [0.1, 0.15) is 25.0 Å². The van der Waals surface area contributed by atoms with Crippen LogP contribution >= 0.6 is 15.9 Å². The van der Waals surface area contributed by atoms with Gasteiger partial charge in [-0.15, -0.1) is 0 Å². The highest BCUT2D eigenvalue weighted by atomic mass is 79.9. The molecule has 0 amide bonds. The summed E-state index contributed by atoms with van der Waals surface area (Å²) < 4.78 is 6.63. The molecule has 0 radical (unpaired) electrons. The Balaban J connectivity index is 1.87. The quantitative estimate of drug-likeness (QED) is 0.719. The standard InChI is InChI=1S/C17H18BrNO/c18-14-8-10-16(11-9-14)19(13-17-7-4-12-20-17)15-5-2-1-3-6-15/h2,4-5,7-12,15H,1,3,6,13H2. The van der Waals surface area contributed by atoms with E-state index in [0.717, 1.165) is 16.8 Å². The fourth-order valence-electron chi connectivity index (χ4n) is 2.66. The first kappa shape index (κ1) is 13.5. The Morgan fingerprint density at radius 3 is 2.70 bits per heavy atom. The summed E-state index contributed by atoms with van der Waals surface area (Å²) in [6, 6.07) is 13.0. The van der Waals surface area contributed by atoms with Crippen LogP contribution < -0.4 is 4.90 Å². The third kappa shape index (κ3) is 3.15. The number of benzene rings is 1. The van der Waals surface area contributed by atoms with Crippen molar-refractivity contribution in [1.82, 2.24) is 0 Å². The van der Waals surface area contributed by atoms with E-state index in [1.54, 1.807) is 6.26 Å². The Kier molecular flexibility index (Phi) is 4.26. The number of allylic oxidation sites excluding steroid dienone is 1. The largest absolute Gasteiger partial charge is 0.467 e. The molecule has 3 rings (SSSR count). The molecule has 2 aromatic rings. The number of furan rings is 1. The van der Waals surface area contributed by atoms with Gasteiger partial charge in [-0.25, -0.2) is 0 Å². The predicted molar refractivity (Wildman–Crippen MR) is 85.8 cm³/mol. The van der Waals surface area contributed by atoms with Gasteiger partial charge in [0, 0.05) is 16.2 Å². The topological polar surface area (TPSA) is 16.4 Å². The lowest BCUT2D eigenvalue weighted by Crippen LogP contribution is -2.34. The van der Waals surface area contributed by atoms with Gasteiger partial charge in [-0.2, -0.15) is 0 Å². The van der Waals surface area contributed by atoms with Crippen molar-refractivity contribution in [2.75, 3.05) is 4.90 Å². The smallest absolute Gasteiger partial charge is 0.123 e. The highest BCUT2D eigenvalue weighted by molar-refractivity contribution is 9.10. The van der Waals surface area contributed by atoms with Gasteiger partial charge in [-0.1, -0.05) is 28.1 Å². The first-order valence-electron chi connectivity index (χ1n) is 7.04. The molecular weight excluding hydrogens is 314 g/mol. The molecule has 1 aliphatic carbocycles. The van der Waals surface area contributed by atoms with Crippen molar-refractivity contribution in [3.05, 3.63) is 65.0 Å². The Hall–Kier alpha value is -1.48.